The van der Waals surface area contributed by atoms with Crippen LogP contribution in [-0.2, 0) is 6.54 Å². The summed E-state index contributed by atoms with van der Waals surface area (Å²) in [7, 11) is 0. The van der Waals surface area contributed by atoms with Gasteiger partial charge in [0.05, 0.1) is 21.6 Å². The first-order chi connectivity index (χ1) is 11.9. The number of amides is 1. The van der Waals surface area contributed by atoms with Gasteiger partial charge in [-0.3, -0.25) is 4.79 Å². The molecule has 2 aromatic rings. The third-order valence-electron chi connectivity index (χ3n) is 4.97. The van der Waals surface area contributed by atoms with Gasteiger partial charge in [0.15, 0.2) is 0 Å². The first-order valence-corrected chi connectivity index (χ1v) is 9.15. The second-order valence-corrected chi connectivity index (χ2v) is 7.53. The van der Waals surface area contributed by atoms with Crippen LogP contribution in [0.1, 0.15) is 43.0 Å². The lowest BCUT2D eigenvalue weighted by Gasteiger charge is -2.35. The van der Waals surface area contributed by atoms with Gasteiger partial charge >= 0.3 is 0 Å². The Hall–Kier alpha value is -1.63. The number of aliphatic hydroxyl groups is 1. The maximum Gasteiger partial charge on any atom is 0.253 e. The summed E-state index contributed by atoms with van der Waals surface area (Å²) in [4.78, 5) is 17.1. The molecule has 7 heteroatoms. The smallest absolute Gasteiger partial charge is 0.253 e. The average molecular weight is 365 g/mol. The van der Waals surface area contributed by atoms with Gasteiger partial charge < -0.3 is 20.7 Å². The summed E-state index contributed by atoms with van der Waals surface area (Å²) in [5.41, 5.74) is 5.93. The van der Waals surface area contributed by atoms with Crippen LogP contribution in [0.2, 0.25) is 5.02 Å². The number of hydrogen-bond acceptors (Lipinski definition) is 4. The molecule has 25 heavy (non-hydrogen) atoms. The van der Waals surface area contributed by atoms with Crippen LogP contribution in [0, 0.1) is 5.92 Å². The first-order valence-electron chi connectivity index (χ1n) is 8.77. The molecule has 0 radical (unpaired) electrons. The molecular weight excluding hydrogens is 340 g/mol. The Morgan fingerprint density at radius 1 is 1.60 bits per heavy atom. The first kappa shape index (κ1) is 18.2. The number of hydrogen-bond donors (Lipinski definition) is 3. The van der Waals surface area contributed by atoms with E-state index in [9.17, 15) is 9.90 Å². The average Bonchev–Trinajstić information content (AvgIpc) is 2.93. The molecule has 3 rings (SSSR count). The molecule has 0 aromatic carbocycles. The van der Waals surface area contributed by atoms with Crippen molar-refractivity contribution in [3.05, 3.63) is 29.0 Å². The minimum absolute atomic E-state index is 0.248. The van der Waals surface area contributed by atoms with E-state index >= 15 is 0 Å². The summed E-state index contributed by atoms with van der Waals surface area (Å²) in [5.74, 6) is 0.225. The molecule has 6 nitrogen and oxygen atoms in total. The Bertz CT molecular complexity index is 776. The Balaban J connectivity index is 1.82. The maximum atomic E-state index is 12.7. The molecular formula is C18H25ClN4O2. The molecule has 0 unspecified atom stereocenters. The molecule has 0 saturated heterocycles. The van der Waals surface area contributed by atoms with Gasteiger partial charge in [-0.2, -0.15) is 0 Å². The number of nitrogens with one attached hydrogen (secondary N) is 1. The molecule has 0 bridgehead atoms. The van der Waals surface area contributed by atoms with Crippen LogP contribution in [0.25, 0.3) is 11.0 Å². The molecule has 0 aliphatic heterocycles. The van der Waals surface area contributed by atoms with E-state index in [0.29, 0.717) is 47.0 Å². The molecule has 2 aromatic heterocycles. The molecule has 136 valence electrons. The summed E-state index contributed by atoms with van der Waals surface area (Å²) in [6.45, 7) is 3.38. The Kier molecular flexibility index (Phi) is 5.32. The van der Waals surface area contributed by atoms with E-state index in [-0.39, 0.29) is 12.5 Å². The van der Waals surface area contributed by atoms with Crippen molar-refractivity contribution < 1.29 is 9.90 Å². The van der Waals surface area contributed by atoms with Crippen LogP contribution >= 0.6 is 11.6 Å². The molecule has 1 aliphatic carbocycles. The van der Waals surface area contributed by atoms with E-state index in [0.717, 1.165) is 19.3 Å². The van der Waals surface area contributed by atoms with E-state index in [2.05, 4.69) is 17.2 Å². The molecule has 1 fully saturated rings. The van der Waals surface area contributed by atoms with Crippen LogP contribution in [-0.4, -0.2) is 39.3 Å². The third-order valence-corrected chi connectivity index (χ3v) is 5.28. The number of halogens is 1. The van der Waals surface area contributed by atoms with Gasteiger partial charge in [0.25, 0.3) is 5.91 Å². The summed E-state index contributed by atoms with van der Waals surface area (Å²) in [6, 6.07) is 1.67. The fourth-order valence-corrected chi connectivity index (χ4v) is 4.03. The van der Waals surface area contributed by atoms with Crippen LogP contribution in [0.3, 0.4) is 0 Å². The van der Waals surface area contributed by atoms with Crippen LogP contribution < -0.4 is 11.1 Å². The number of fused-ring (bicyclic) bond motifs is 1. The normalized spacial score (nSPS) is 23.8. The van der Waals surface area contributed by atoms with E-state index in [1.165, 1.54) is 0 Å². The lowest BCUT2D eigenvalue weighted by Crippen LogP contribution is -2.45. The van der Waals surface area contributed by atoms with Crippen LogP contribution in [0.5, 0.6) is 0 Å². The van der Waals surface area contributed by atoms with Crippen molar-refractivity contribution in [1.29, 1.82) is 0 Å². The predicted molar refractivity (Wildman–Crippen MR) is 98.7 cm³/mol. The monoisotopic (exact) mass is 364 g/mol. The van der Waals surface area contributed by atoms with Gasteiger partial charge in [-0.1, -0.05) is 31.4 Å². The lowest BCUT2D eigenvalue weighted by molar-refractivity contribution is -0.0109. The van der Waals surface area contributed by atoms with Crippen molar-refractivity contribution in [3.8, 4) is 0 Å². The number of aromatic nitrogens is 2. The molecule has 1 amide bonds. The molecule has 1 aliphatic rings. The molecule has 2 atom stereocenters. The predicted octanol–water partition coefficient (Wildman–Crippen LogP) is 2.32. The minimum atomic E-state index is -0.828. The summed E-state index contributed by atoms with van der Waals surface area (Å²) < 4.78 is 1.84. The fraction of sp³-hybridized carbons (Fsp3) is 0.556. The summed E-state index contributed by atoms with van der Waals surface area (Å²) in [5, 5.41) is 14.7. The minimum Gasteiger partial charge on any atom is -0.388 e. The number of nitrogens with two attached hydrogens (primary N) is 1. The highest BCUT2D eigenvalue weighted by Crippen LogP contribution is 2.32. The zero-order valence-corrected chi connectivity index (χ0v) is 15.2. The number of nitrogens with zero attached hydrogens (tertiary/aromatic N) is 2. The second kappa shape index (κ2) is 7.32. The van der Waals surface area contributed by atoms with Crippen molar-refractivity contribution >= 4 is 28.5 Å². The van der Waals surface area contributed by atoms with Gasteiger partial charge in [-0.15, -0.1) is 0 Å². The molecule has 2 heterocycles. The topological polar surface area (TPSA) is 93.2 Å². The van der Waals surface area contributed by atoms with Gasteiger partial charge in [0.2, 0.25) is 0 Å². The van der Waals surface area contributed by atoms with Gasteiger partial charge in [0.1, 0.15) is 5.65 Å². The number of carbonyl (C=O) groups is 1. The Morgan fingerprint density at radius 2 is 2.40 bits per heavy atom. The fourth-order valence-electron chi connectivity index (χ4n) is 3.79. The number of carbonyl (C=O) groups excluding carboxylic acids is 1. The Labute approximate surface area is 152 Å². The highest BCUT2D eigenvalue weighted by molar-refractivity contribution is 6.36. The largest absolute Gasteiger partial charge is 0.388 e. The maximum absolute atomic E-state index is 12.7. The van der Waals surface area contributed by atoms with Crippen LogP contribution in [0.15, 0.2) is 18.5 Å². The van der Waals surface area contributed by atoms with Crippen molar-refractivity contribution in [3.63, 3.8) is 0 Å². The van der Waals surface area contributed by atoms with Gasteiger partial charge in [0, 0.05) is 32.0 Å². The van der Waals surface area contributed by atoms with Crippen molar-refractivity contribution in [2.45, 2.75) is 44.8 Å². The van der Waals surface area contributed by atoms with Crippen LogP contribution in [0.4, 0.5) is 0 Å². The van der Waals surface area contributed by atoms with Gasteiger partial charge in [-0.25, -0.2) is 4.98 Å². The molecule has 4 N–H and O–H groups in total. The van der Waals surface area contributed by atoms with E-state index in [4.69, 9.17) is 17.3 Å². The van der Waals surface area contributed by atoms with Crippen molar-refractivity contribution in [2.24, 2.45) is 11.7 Å². The van der Waals surface area contributed by atoms with E-state index in [1.807, 2.05) is 4.57 Å². The lowest BCUT2D eigenvalue weighted by atomic mass is 9.79. The zero-order valence-electron chi connectivity index (χ0n) is 14.5. The zero-order chi connectivity index (χ0) is 18.0. The number of rotatable bonds is 5. The highest BCUT2D eigenvalue weighted by Gasteiger charge is 2.33. The van der Waals surface area contributed by atoms with E-state index in [1.54, 1.807) is 18.5 Å². The molecule has 0 spiro atoms. The van der Waals surface area contributed by atoms with Gasteiger partial charge in [-0.05, 0) is 24.8 Å². The van der Waals surface area contributed by atoms with Crippen molar-refractivity contribution in [1.82, 2.24) is 14.9 Å². The second-order valence-electron chi connectivity index (χ2n) is 7.12. The third kappa shape index (κ3) is 3.81. The quantitative estimate of drug-likeness (QED) is 0.759. The van der Waals surface area contributed by atoms with Crippen molar-refractivity contribution in [2.75, 3.05) is 13.1 Å². The molecule has 1 saturated carbocycles. The number of pyridine rings is 1. The van der Waals surface area contributed by atoms with E-state index < -0.39 is 5.60 Å². The highest BCUT2D eigenvalue weighted by atomic mass is 35.5. The Morgan fingerprint density at radius 3 is 3.12 bits per heavy atom. The summed E-state index contributed by atoms with van der Waals surface area (Å²) in [6.07, 6.45) is 6.90. The standard InChI is InChI=1S/C18H25ClN4O2/c1-12-3-2-5-18(25,9-12)11-22-17(24)13-10-23(8-6-20)16-15(13)14(19)4-7-21-16/h4,7,10,12,25H,2-3,5-6,8-9,11,20H2,1H3,(H,22,24)/t12-,18-/m0/s1. The summed E-state index contributed by atoms with van der Waals surface area (Å²) >= 11 is 6.30. The SMILES string of the molecule is C[C@H]1CCC[C@@](O)(CNC(=O)c2cn(CCN)c3nccc(Cl)c23)C1.